The van der Waals surface area contributed by atoms with E-state index in [1.807, 2.05) is 18.2 Å². The number of benzene rings is 1. The Morgan fingerprint density at radius 3 is 2.50 bits per heavy atom. The highest BCUT2D eigenvalue weighted by molar-refractivity contribution is 7.80. The molecule has 1 aliphatic rings. The van der Waals surface area contributed by atoms with Crippen molar-refractivity contribution in [1.82, 2.24) is 25.6 Å². The predicted octanol–water partition coefficient (Wildman–Crippen LogP) is 2.97. The van der Waals surface area contributed by atoms with E-state index >= 15 is 0 Å². The van der Waals surface area contributed by atoms with Crippen molar-refractivity contribution in [3.63, 3.8) is 0 Å². The molecular formula is C20H27ClN8O2S. The van der Waals surface area contributed by atoms with Gasteiger partial charge in [-0.1, -0.05) is 23.7 Å². The maximum Gasteiger partial charge on any atom is 0.305 e. The molecular weight excluding hydrogens is 452 g/mol. The highest BCUT2D eigenvalue weighted by Crippen LogP contribution is 2.25. The quantitative estimate of drug-likeness (QED) is 0.198. The normalized spacial score (nSPS) is 13.0. The second-order valence-electron chi connectivity index (χ2n) is 7.29. The largest absolute Gasteiger partial charge is 0.481 e. The van der Waals surface area contributed by atoms with Gasteiger partial charge < -0.3 is 31.7 Å². The Kier molecular flexibility index (Phi) is 9.05. The minimum Gasteiger partial charge on any atom is -0.481 e. The van der Waals surface area contributed by atoms with Crippen molar-refractivity contribution in [3.8, 4) is 0 Å². The molecule has 12 heteroatoms. The number of hydrogen-bond acceptors (Lipinski definition) is 8. The zero-order valence-electron chi connectivity index (χ0n) is 17.5. The van der Waals surface area contributed by atoms with Crippen molar-refractivity contribution in [2.75, 3.05) is 35.6 Å². The topological polar surface area (TPSA) is 136 Å². The number of nitrogens with one attached hydrogen (secondary N) is 5. The zero-order chi connectivity index (χ0) is 22.8. The lowest BCUT2D eigenvalue weighted by molar-refractivity contribution is -0.136. The number of rotatable bonds is 12. The van der Waals surface area contributed by atoms with Crippen LogP contribution in [0.15, 0.2) is 24.3 Å². The van der Waals surface area contributed by atoms with E-state index in [0.717, 1.165) is 19.3 Å². The summed E-state index contributed by atoms with van der Waals surface area (Å²) in [5.41, 5.74) is 0.717. The van der Waals surface area contributed by atoms with Crippen LogP contribution in [0, 0.1) is 0 Å². The van der Waals surface area contributed by atoms with Crippen LogP contribution in [0.4, 0.5) is 23.5 Å². The van der Waals surface area contributed by atoms with Crippen molar-refractivity contribution in [3.05, 3.63) is 29.3 Å². The first-order chi connectivity index (χ1) is 15.5. The Bertz CT molecular complexity index is 928. The molecule has 10 nitrogen and oxygen atoms in total. The molecule has 1 aromatic carbocycles. The molecule has 1 aromatic heterocycles. The maximum absolute atomic E-state index is 10.5. The van der Waals surface area contributed by atoms with E-state index in [-0.39, 0.29) is 6.42 Å². The highest BCUT2D eigenvalue weighted by atomic mass is 35.5. The third kappa shape index (κ3) is 7.97. The van der Waals surface area contributed by atoms with Crippen molar-refractivity contribution >= 4 is 58.4 Å². The number of carbonyl (C=O) groups is 1. The van der Waals surface area contributed by atoms with Crippen LogP contribution in [-0.2, 0) is 4.79 Å². The molecule has 6 N–H and O–H groups in total. The van der Waals surface area contributed by atoms with E-state index in [1.165, 1.54) is 6.42 Å². The average Bonchev–Trinajstić information content (AvgIpc) is 2.72. The number of thiocarbonyl (C=S) groups is 1. The first-order valence-corrected chi connectivity index (χ1v) is 11.3. The molecule has 0 saturated heterocycles. The fraction of sp³-hybridized carbons (Fsp3) is 0.450. The van der Waals surface area contributed by atoms with Gasteiger partial charge in [0.2, 0.25) is 17.8 Å². The Morgan fingerprint density at radius 2 is 1.78 bits per heavy atom. The number of nitrogens with zero attached hydrogens (tertiary/aromatic N) is 3. The number of anilines is 4. The molecule has 0 unspecified atom stereocenters. The van der Waals surface area contributed by atoms with Gasteiger partial charge in [-0.3, -0.25) is 4.79 Å². The summed E-state index contributed by atoms with van der Waals surface area (Å²) in [5.74, 6) is 0.512. The summed E-state index contributed by atoms with van der Waals surface area (Å²) in [5, 5.41) is 25.3. The van der Waals surface area contributed by atoms with E-state index in [1.54, 1.807) is 6.07 Å². The Hall–Kier alpha value is -2.92. The van der Waals surface area contributed by atoms with Gasteiger partial charge in [0.25, 0.3) is 0 Å². The van der Waals surface area contributed by atoms with Crippen LogP contribution in [0.5, 0.6) is 0 Å². The van der Waals surface area contributed by atoms with Crippen LogP contribution in [-0.4, -0.2) is 56.8 Å². The molecule has 0 radical (unpaired) electrons. The second kappa shape index (κ2) is 12.2. The van der Waals surface area contributed by atoms with Crippen molar-refractivity contribution in [2.24, 2.45) is 0 Å². The van der Waals surface area contributed by atoms with Gasteiger partial charge in [0, 0.05) is 25.7 Å². The number of carboxylic acids is 1. The summed E-state index contributed by atoms with van der Waals surface area (Å²) in [6.45, 7) is 1.53. The monoisotopic (exact) mass is 478 g/mol. The first-order valence-electron chi connectivity index (χ1n) is 10.5. The van der Waals surface area contributed by atoms with Gasteiger partial charge in [-0.25, -0.2) is 0 Å². The van der Waals surface area contributed by atoms with E-state index in [4.69, 9.17) is 28.9 Å². The molecule has 1 aliphatic carbocycles. The summed E-state index contributed by atoms with van der Waals surface area (Å²) in [4.78, 5) is 23.9. The minimum absolute atomic E-state index is 0.0184. The molecule has 0 aliphatic heterocycles. The van der Waals surface area contributed by atoms with Crippen LogP contribution in [0.1, 0.15) is 32.1 Å². The molecule has 2 aromatic rings. The molecule has 0 bridgehead atoms. The lowest BCUT2D eigenvalue weighted by Crippen LogP contribution is -2.37. The molecule has 0 amide bonds. The van der Waals surface area contributed by atoms with Gasteiger partial charge >= 0.3 is 5.97 Å². The first kappa shape index (κ1) is 23.7. The van der Waals surface area contributed by atoms with Crippen molar-refractivity contribution in [2.45, 2.75) is 38.1 Å². The summed E-state index contributed by atoms with van der Waals surface area (Å²) in [7, 11) is 0. The zero-order valence-corrected chi connectivity index (χ0v) is 19.1. The van der Waals surface area contributed by atoms with Crippen LogP contribution in [0.2, 0.25) is 5.02 Å². The lowest BCUT2D eigenvalue weighted by atomic mass is 9.93. The second-order valence-corrected chi connectivity index (χ2v) is 8.11. The van der Waals surface area contributed by atoms with Crippen LogP contribution >= 0.6 is 23.8 Å². The van der Waals surface area contributed by atoms with E-state index in [0.29, 0.717) is 59.3 Å². The molecule has 1 saturated carbocycles. The Labute approximate surface area is 197 Å². The predicted molar refractivity (Wildman–Crippen MR) is 130 cm³/mol. The number of halogens is 1. The molecule has 172 valence electrons. The lowest BCUT2D eigenvalue weighted by Gasteiger charge is -2.26. The number of hydrogen-bond donors (Lipinski definition) is 6. The fourth-order valence-corrected chi connectivity index (χ4v) is 3.22. The molecule has 32 heavy (non-hydrogen) atoms. The van der Waals surface area contributed by atoms with E-state index in [9.17, 15) is 4.79 Å². The standard InChI is InChI=1S/C20H27ClN8O2S/c21-14-7-1-2-8-15(14)26-19-28-17(27-18(29-19)25-13-5-3-6-13)22-10-4-11-23-20(32)24-12-9-16(30)31/h1-2,7-8,13H,3-6,9-12H2,(H,30,31)(H2,23,24,32)(H3,22,25,26,27,28,29). The summed E-state index contributed by atoms with van der Waals surface area (Å²) in [6.07, 6.45) is 4.19. The Morgan fingerprint density at radius 1 is 1.06 bits per heavy atom. The van der Waals surface area contributed by atoms with Gasteiger partial charge in [0.15, 0.2) is 5.11 Å². The van der Waals surface area contributed by atoms with Crippen LogP contribution in [0.3, 0.4) is 0 Å². The molecule has 1 fully saturated rings. The third-order valence-corrected chi connectivity index (χ3v) is 5.36. The van der Waals surface area contributed by atoms with E-state index in [2.05, 4.69) is 41.5 Å². The molecule has 0 atom stereocenters. The summed E-state index contributed by atoms with van der Waals surface area (Å²) < 4.78 is 0. The number of para-hydroxylation sites is 1. The maximum atomic E-state index is 10.5. The smallest absolute Gasteiger partial charge is 0.305 e. The van der Waals surface area contributed by atoms with Crippen LogP contribution in [0.25, 0.3) is 0 Å². The van der Waals surface area contributed by atoms with Gasteiger partial charge in [0.1, 0.15) is 0 Å². The average molecular weight is 479 g/mol. The Balaban J connectivity index is 1.51. The SMILES string of the molecule is O=C(O)CCNC(=S)NCCCNc1nc(Nc2ccccc2Cl)nc(NC2CCC2)n1. The fourth-order valence-electron chi connectivity index (χ4n) is 2.83. The summed E-state index contributed by atoms with van der Waals surface area (Å²) in [6, 6.07) is 7.79. The van der Waals surface area contributed by atoms with E-state index < -0.39 is 5.97 Å². The number of carboxylic acid groups (broad SMARTS) is 1. The van der Waals surface area contributed by atoms with Crippen LogP contribution < -0.4 is 26.6 Å². The number of aromatic nitrogens is 3. The number of aliphatic carboxylic acids is 1. The summed E-state index contributed by atoms with van der Waals surface area (Å²) >= 11 is 11.4. The molecule has 0 spiro atoms. The van der Waals surface area contributed by atoms with Gasteiger partial charge in [0.05, 0.1) is 17.1 Å². The van der Waals surface area contributed by atoms with Crippen molar-refractivity contribution < 1.29 is 9.90 Å². The van der Waals surface area contributed by atoms with Gasteiger partial charge in [-0.05, 0) is 50.0 Å². The highest BCUT2D eigenvalue weighted by Gasteiger charge is 2.19. The third-order valence-electron chi connectivity index (χ3n) is 4.74. The van der Waals surface area contributed by atoms with Crippen molar-refractivity contribution in [1.29, 1.82) is 0 Å². The molecule has 1 heterocycles. The van der Waals surface area contributed by atoms with Gasteiger partial charge in [-0.15, -0.1) is 0 Å². The minimum atomic E-state index is -0.864. The van der Waals surface area contributed by atoms with Gasteiger partial charge in [-0.2, -0.15) is 15.0 Å². The molecule has 3 rings (SSSR count).